The van der Waals surface area contributed by atoms with Gasteiger partial charge in [-0.1, -0.05) is 41.6 Å². The normalized spacial score (nSPS) is 10.6. The van der Waals surface area contributed by atoms with Gasteiger partial charge in [0.1, 0.15) is 0 Å². The minimum absolute atomic E-state index is 0.178. The van der Waals surface area contributed by atoms with Crippen LogP contribution >= 0.6 is 11.6 Å². The van der Waals surface area contributed by atoms with Crippen molar-refractivity contribution in [2.24, 2.45) is 5.73 Å². The first-order valence-corrected chi connectivity index (χ1v) is 7.95. The van der Waals surface area contributed by atoms with E-state index in [1.54, 1.807) is 36.4 Å². The molecular weight excluding hydrogens is 308 g/mol. The molecule has 21 heavy (non-hydrogen) atoms. The van der Waals surface area contributed by atoms with Crippen LogP contribution in [0.25, 0.3) is 0 Å². The van der Waals surface area contributed by atoms with Gasteiger partial charge in [-0.2, -0.15) is 0 Å². The van der Waals surface area contributed by atoms with Crippen molar-refractivity contribution in [3.05, 3.63) is 59.1 Å². The molecule has 0 aliphatic rings. The molecule has 0 fully saturated rings. The summed E-state index contributed by atoms with van der Waals surface area (Å²) < 4.78 is 27.1. The second kappa shape index (κ2) is 6.64. The molecule has 6 heteroatoms. The molecule has 0 amide bonds. The van der Waals surface area contributed by atoms with E-state index in [0.29, 0.717) is 16.3 Å². The molecule has 0 heterocycles. The van der Waals surface area contributed by atoms with E-state index in [4.69, 9.17) is 17.3 Å². The highest BCUT2D eigenvalue weighted by atomic mass is 35.5. The number of sulfonamides is 1. The van der Waals surface area contributed by atoms with E-state index in [2.05, 4.69) is 16.6 Å². The van der Waals surface area contributed by atoms with Crippen LogP contribution in [0.2, 0.25) is 5.02 Å². The lowest BCUT2D eigenvalue weighted by Crippen LogP contribution is -2.13. The lowest BCUT2D eigenvalue weighted by molar-refractivity contribution is 0.601. The van der Waals surface area contributed by atoms with Gasteiger partial charge in [0, 0.05) is 5.02 Å². The molecule has 0 radical (unpaired) electrons. The van der Waals surface area contributed by atoms with Crippen molar-refractivity contribution in [1.29, 1.82) is 0 Å². The van der Waals surface area contributed by atoms with Crippen molar-refractivity contribution in [3.8, 4) is 11.8 Å². The fourth-order valence-electron chi connectivity index (χ4n) is 1.66. The van der Waals surface area contributed by atoms with E-state index >= 15 is 0 Å². The summed E-state index contributed by atoms with van der Waals surface area (Å²) in [6.07, 6.45) is 0. The molecule has 2 aromatic carbocycles. The van der Waals surface area contributed by atoms with Gasteiger partial charge in [0.25, 0.3) is 10.0 Å². The van der Waals surface area contributed by atoms with Gasteiger partial charge in [0.2, 0.25) is 0 Å². The third kappa shape index (κ3) is 3.99. The molecule has 0 saturated carbocycles. The van der Waals surface area contributed by atoms with Gasteiger partial charge >= 0.3 is 0 Å². The molecule has 0 atom stereocenters. The zero-order valence-electron chi connectivity index (χ0n) is 11.0. The minimum atomic E-state index is -3.67. The van der Waals surface area contributed by atoms with E-state index in [0.717, 1.165) is 0 Å². The second-order valence-corrected chi connectivity index (χ2v) is 6.23. The van der Waals surface area contributed by atoms with Crippen LogP contribution in [-0.2, 0) is 10.0 Å². The average Bonchev–Trinajstić information content (AvgIpc) is 2.48. The quantitative estimate of drug-likeness (QED) is 0.853. The predicted molar refractivity (Wildman–Crippen MR) is 84.6 cm³/mol. The molecule has 2 rings (SSSR count). The molecule has 2 aromatic rings. The smallest absolute Gasteiger partial charge is 0.261 e. The van der Waals surface area contributed by atoms with E-state index in [1.807, 2.05) is 0 Å². The zero-order chi connectivity index (χ0) is 15.3. The van der Waals surface area contributed by atoms with Crippen molar-refractivity contribution >= 4 is 27.3 Å². The first kappa shape index (κ1) is 15.4. The first-order valence-electron chi connectivity index (χ1n) is 6.09. The van der Waals surface area contributed by atoms with Gasteiger partial charge in [-0.15, -0.1) is 0 Å². The van der Waals surface area contributed by atoms with Crippen LogP contribution in [0.3, 0.4) is 0 Å². The molecule has 0 unspecified atom stereocenters. The van der Waals surface area contributed by atoms with E-state index < -0.39 is 10.0 Å². The Bertz CT molecular complexity index is 793. The Kier molecular flexibility index (Phi) is 4.86. The summed E-state index contributed by atoms with van der Waals surface area (Å²) in [6, 6.07) is 12.9. The van der Waals surface area contributed by atoms with Crippen LogP contribution in [0, 0.1) is 11.8 Å². The summed E-state index contributed by atoms with van der Waals surface area (Å²) in [5.74, 6) is 5.48. The fourth-order valence-corrected chi connectivity index (χ4v) is 2.93. The number of hydrogen-bond acceptors (Lipinski definition) is 3. The van der Waals surface area contributed by atoms with Crippen LogP contribution in [0.15, 0.2) is 53.4 Å². The Morgan fingerprint density at radius 3 is 2.52 bits per heavy atom. The average molecular weight is 321 g/mol. The zero-order valence-corrected chi connectivity index (χ0v) is 12.6. The highest BCUT2D eigenvalue weighted by Gasteiger charge is 2.15. The van der Waals surface area contributed by atoms with Gasteiger partial charge in [0.15, 0.2) is 0 Å². The Labute approximate surface area is 129 Å². The van der Waals surface area contributed by atoms with Crippen LogP contribution in [0.1, 0.15) is 5.56 Å². The molecule has 108 valence electrons. The molecule has 0 bridgehead atoms. The van der Waals surface area contributed by atoms with Crippen LogP contribution in [0.4, 0.5) is 5.69 Å². The molecule has 3 N–H and O–H groups in total. The maximum Gasteiger partial charge on any atom is 0.261 e. The van der Waals surface area contributed by atoms with Gasteiger partial charge in [-0.25, -0.2) is 8.42 Å². The van der Waals surface area contributed by atoms with Crippen molar-refractivity contribution in [3.63, 3.8) is 0 Å². The number of benzene rings is 2. The summed E-state index contributed by atoms with van der Waals surface area (Å²) in [7, 11) is -3.67. The number of hydrogen-bond donors (Lipinski definition) is 2. The monoisotopic (exact) mass is 320 g/mol. The van der Waals surface area contributed by atoms with Crippen molar-refractivity contribution in [2.75, 3.05) is 11.3 Å². The van der Waals surface area contributed by atoms with Crippen LogP contribution < -0.4 is 10.5 Å². The molecular formula is C15H13ClN2O2S. The maximum atomic E-state index is 12.3. The predicted octanol–water partition coefficient (Wildman–Crippen LogP) is 2.45. The summed E-state index contributed by atoms with van der Waals surface area (Å²) in [5, 5.41) is 0.471. The highest BCUT2D eigenvalue weighted by Crippen LogP contribution is 2.23. The summed E-state index contributed by atoms with van der Waals surface area (Å²) in [6.45, 7) is 0.178. The number of anilines is 1. The van der Waals surface area contributed by atoms with E-state index in [-0.39, 0.29) is 11.4 Å². The molecule has 0 aliphatic heterocycles. The van der Waals surface area contributed by atoms with Crippen molar-refractivity contribution in [2.45, 2.75) is 4.90 Å². The van der Waals surface area contributed by atoms with Gasteiger partial charge < -0.3 is 5.73 Å². The Hall–Kier alpha value is -2.00. The first-order chi connectivity index (χ1) is 10.0. The van der Waals surface area contributed by atoms with Gasteiger partial charge in [-0.05, 0) is 30.3 Å². The fraction of sp³-hybridized carbons (Fsp3) is 0.0667. The van der Waals surface area contributed by atoms with E-state index in [1.165, 1.54) is 12.1 Å². The molecule has 4 nitrogen and oxygen atoms in total. The number of rotatable bonds is 3. The van der Waals surface area contributed by atoms with Crippen molar-refractivity contribution in [1.82, 2.24) is 0 Å². The Morgan fingerprint density at radius 2 is 1.86 bits per heavy atom. The maximum absolute atomic E-state index is 12.3. The molecule has 0 spiro atoms. The third-order valence-electron chi connectivity index (χ3n) is 2.60. The largest absolute Gasteiger partial charge is 0.320 e. The number of halogens is 1. The lowest BCUT2D eigenvalue weighted by atomic mass is 10.2. The Morgan fingerprint density at radius 1 is 1.14 bits per heavy atom. The third-order valence-corrected chi connectivity index (χ3v) is 4.22. The topological polar surface area (TPSA) is 72.2 Å². The minimum Gasteiger partial charge on any atom is -0.320 e. The number of nitrogens with two attached hydrogens (primary N) is 1. The Balaban J connectivity index is 2.40. The van der Waals surface area contributed by atoms with E-state index in [9.17, 15) is 8.42 Å². The summed E-state index contributed by atoms with van der Waals surface area (Å²) in [4.78, 5) is 0.178. The van der Waals surface area contributed by atoms with Gasteiger partial charge in [-0.3, -0.25) is 4.72 Å². The van der Waals surface area contributed by atoms with Crippen LogP contribution in [0.5, 0.6) is 0 Å². The van der Waals surface area contributed by atoms with Gasteiger partial charge in [0.05, 0.1) is 22.7 Å². The lowest BCUT2D eigenvalue weighted by Gasteiger charge is -2.10. The van der Waals surface area contributed by atoms with Crippen LogP contribution in [-0.4, -0.2) is 15.0 Å². The number of nitrogens with one attached hydrogen (secondary N) is 1. The standard InChI is InChI=1S/C15H13ClN2O2S/c16-13-8-9-15(12(11-13)5-4-10-17)18-21(19,20)14-6-2-1-3-7-14/h1-3,6-9,11,18H,10,17H2. The second-order valence-electron chi connectivity index (χ2n) is 4.11. The molecule has 0 aliphatic carbocycles. The summed E-state index contributed by atoms with van der Waals surface area (Å²) >= 11 is 5.91. The van der Waals surface area contributed by atoms with Crippen molar-refractivity contribution < 1.29 is 8.42 Å². The highest BCUT2D eigenvalue weighted by molar-refractivity contribution is 7.92. The molecule has 0 saturated heterocycles. The SMILES string of the molecule is NCC#Cc1cc(Cl)ccc1NS(=O)(=O)c1ccccc1. The summed E-state index contributed by atoms with van der Waals surface area (Å²) in [5.41, 5.74) is 6.18. The molecule has 0 aromatic heterocycles.